The first kappa shape index (κ1) is 19.7. The molecule has 2 N–H and O–H groups in total. The number of guanidine groups is 1. The van der Waals surface area contributed by atoms with Crippen LogP contribution in [0, 0.1) is 5.92 Å². The molecule has 0 amide bonds. The third-order valence-electron chi connectivity index (χ3n) is 3.79. The molecule has 1 unspecified atom stereocenters. The molecule has 0 spiro atoms. The number of alkyl halides is 2. The monoisotopic (exact) mass is 395 g/mol. The van der Waals surface area contributed by atoms with Gasteiger partial charge in [-0.1, -0.05) is 11.6 Å². The van der Waals surface area contributed by atoms with Crippen LogP contribution in [0.2, 0.25) is 5.02 Å². The fraction of sp³-hybridized carbons (Fsp3) is 0.533. The molecule has 0 aromatic heterocycles. The number of ether oxygens (including phenoxy) is 1. The topological polar surface area (TPSA) is 79.8 Å². The van der Waals surface area contributed by atoms with Crippen LogP contribution in [0.5, 0.6) is 5.75 Å². The van der Waals surface area contributed by atoms with Gasteiger partial charge in [-0.15, -0.1) is 0 Å². The summed E-state index contributed by atoms with van der Waals surface area (Å²) in [6.45, 7) is -2.29. The van der Waals surface area contributed by atoms with E-state index in [2.05, 4.69) is 20.4 Å². The van der Waals surface area contributed by atoms with Gasteiger partial charge in [0.05, 0.1) is 11.5 Å². The number of rotatable bonds is 6. The minimum Gasteiger partial charge on any atom is -0.434 e. The Balaban J connectivity index is 1.91. The van der Waals surface area contributed by atoms with Crippen LogP contribution in [-0.4, -0.2) is 46.1 Å². The number of benzene rings is 1. The van der Waals surface area contributed by atoms with E-state index in [1.54, 1.807) is 7.05 Å². The Hall–Kier alpha value is -1.61. The molecule has 0 bridgehead atoms. The van der Waals surface area contributed by atoms with E-state index in [-0.39, 0.29) is 29.7 Å². The van der Waals surface area contributed by atoms with Crippen LogP contribution in [-0.2, 0) is 16.4 Å². The number of halogens is 3. The van der Waals surface area contributed by atoms with Crippen LogP contribution in [0.3, 0.4) is 0 Å². The smallest absolute Gasteiger partial charge is 0.387 e. The Morgan fingerprint density at radius 1 is 1.44 bits per heavy atom. The highest BCUT2D eigenvalue weighted by atomic mass is 35.5. The molecule has 10 heteroatoms. The fourth-order valence-electron chi connectivity index (χ4n) is 2.57. The molecule has 0 radical (unpaired) electrons. The summed E-state index contributed by atoms with van der Waals surface area (Å²) >= 11 is 5.90. The van der Waals surface area contributed by atoms with Crippen LogP contribution in [0.4, 0.5) is 8.78 Å². The fourth-order valence-corrected chi connectivity index (χ4v) is 4.63. The molecule has 0 saturated carbocycles. The second-order valence-corrected chi connectivity index (χ2v) is 8.37. The molecular weight excluding hydrogens is 376 g/mol. The predicted octanol–water partition coefficient (Wildman–Crippen LogP) is 2.04. The van der Waals surface area contributed by atoms with Gasteiger partial charge in [-0.3, -0.25) is 4.99 Å². The summed E-state index contributed by atoms with van der Waals surface area (Å²) in [4.78, 5) is 4.04. The van der Waals surface area contributed by atoms with Crippen molar-refractivity contribution in [2.45, 2.75) is 19.6 Å². The molecule has 1 aromatic rings. The lowest BCUT2D eigenvalue weighted by atomic mass is 10.1. The molecule has 1 heterocycles. The number of hydrogen-bond acceptors (Lipinski definition) is 4. The lowest BCUT2D eigenvalue weighted by Gasteiger charge is -2.16. The van der Waals surface area contributed by atoms with E-state index in [1.807, 2.05) is 0 Å². The van der Waals surface area contributed by atoms with Crippen molar-refractivity contribution in [1.82, 2.24) is 10.6 Å². The van der Waals surface area contributed by atoms with Gasteiger partial charge in [-0.2, -0.15) is 8.78 Å². The quantitative estimate of drug-likeness (QED) is 0.569. The molecule has 1 aliphatic heterocycles. The van der Waals surface area contributed by atoms with Crippen molar-refractivity contribution >= 4 is 27.4 Å². The minimum absolute atomic E-state index is 0.0317. The second-order valence-electron chi connectivity index (χ2n) is 5.71. The molecule has 1 fully saturated rings. The van der Waals surface area contributed by atoms with Gasteiger partial charge in [-0.25, -0.2) is 8.42 Å². The first-order valence-electron chi connectivity index (χ1n) is 7.67. The normalized spacial score (nSPS) is 19.9. The van der Waals surface area contributed by atoms with Crippen molar-refractivity contribution in [3.8, 4) is 5.75 Å². The number of hydrogen-bond donors (Lipinski definition) is 2. The van der Waals surface area contributed by atoms with Gasteiger partial charge in [0.1, 0.15) is 5.75 Å². The third-order valence-corrected chi connectivity index (χ3v) is 5.87. The molecule has 6 nitrogen and oxygen atoms in total. The summed E-state index contributed by atoms with van der Waals surface area (Å²) in [5.74, 6) is 0.879. The van der Waals surface area contributed by atoms with Gasteiger partial charge >= 0.3 is 6.61 Å². The first-order chi connectivity index (χ1) is 11.8. The van der Waals surface area contributed by atoms with Crippen molar-refractivity contribution < 1.29 is 21.9 Å². The molecule has 0 aliphatic carbocycles. The van der Waals surface area contributed by atoms with Crippen molar-refractivity contribution in [1.29, 1.82) is 0 Å². The summed E-state index contributed by atoms with van der Waals surface area (Å²) in [5.41, 5.74) is 0.458. The maximum atomic E-state index is 12.5. The number of sulfone groups is 1. The maximum Gasteiger partial charge on any atom is 0.387 e. The number of nitrogens with one attached hydrogen (secondary N) is 2. The predicted molar refractivity (Wildman–Crippen MR) is 93.0 cm³/mol. The third kappa shape index (κ3) is 6.32. The molecule has 140 valence electrons. The average molecular weight is 396 g/mol. The van der Waals surface area contributed by atoms with Crippen molar-refractivity contribution in [3.05, 3.63) is 28.8 Å². The molecule has 1 saturated heterocycles. The Labute approximate surface area is 150 Å². The van der Waals surface area contributed by atoms with Gasteiger partial charge in [0.2, 0.25) is 0 Å². The van der Waals surface area contributed by atoms with E-state index in [1.165, 1.54) is 18.2 Å². The summed E-state index contributed by atoms with van der Waals surface area (Å²) in [7, 11) is -1.37. The highest BCUT2D eigenvalue weighted by molar-refractivity contribution is 7.91. The minimum atomic E-state index is -2.93. The van der Waals surface area contributed by atoms with E-state index in [4.69, 9.17) is 11.6 Å². The highest BCUT2D eigenvalue weighted by Gasteiger charge is 2.27. The van der Waals surface area contributed by atoms with Crippen molar-refractivity contribution in [3.63, 3.8) is 0 Å². The van der Waals surface area contributed by atoms with E-state index in [9.17, 15) is 17.2 Å². The molecule has 1 atom stereocenters. The van der Waals surface area contributed by atoms with E-state index < -0.39 is 16.4 Å². The van der Waals surface area contributed by atoms with Crippen molar-refractivity contribution in [2.75, 3.05) is 25.1 Å². The zero-order valence-electron chi connectivity index (χ0n) is 13.6. The van der Waals surface area contributed by atoms with E-state index in [0.717, 1.165) is 0 Å². The van der Waals surface area contributed by atoms with Gasteiger partial charge in [0.25, 0.3) is 0 Å². The highest BCUT2D eigenvalue weighted by Crippen LogP contribution is 2.24. The number of aliphatic imine (C=N–C) groups is 1. The van der Waals surface area contributed by atoms with Gasteiger partial charge in [0, 0.05) is 30.7 Å². The van der Waals surface area contributed by atoms with E-state index >= 15 is 0 Å². The zero-order valence-corrected chi connectivity index (χ0v) is 15.2. The van der Waals surface area contributed by atoms with Crippen LogP contribution >= 0.6 is 11.6 Å². The van der Waals surface area contributed by atoms with Gasteiger partial charge in [0.15, 0.2) is 15.8 Å². The van der Waals surface area contributed by atoms with E-state index in [0.29, 0.717) is 29.5 Å². The molecule has 25 heavy (non-hydrogen) atoms. The second kappa shape index (κ2) is 8.66. The molecule has 1 aromatic carbocycles. The molecular formula is C15H20ClF2N3O3S. The van der Waals surface area contributed by atoms with Crippen LogP contribution in [0.1, 0.15) is 12.0 Å². The SMILES string of the molecule is CN=C(NCc1cc(Cl)ccc1OC(F)F)NCC1CCS(=O)(=O)C1. The largest absolute Gasteiger partial charge is 0.434 e. The Kier molecular flexibility index (Phi) is 6.83. The van der Waals surface area contributed by atoms with Crippen molar-refractivity contribution in [2.24, 2.45) is 10.9 Å². The Bertz CT molecular complexity index is 729. The lowest BCUT2D eigenvalue weighted by molar-refractivity contribution is -0.0504. The maximum absolute atomic E-state index is 12.5. The Morgan fingerprint density at radius 2 is 2.20 bits per heavy atom. The van der Waals surface area contributed by atoms with Crippen LogP contribution < -0.4 is 15.4 Å². The van der Waals surface area contributed by atoms with Gasteiger partial charge in [-0.05, 0) is 30.5 Å². The Morgan fingerprint density at radius 3 is 2.80 bits per heavy atom. The van der Waals surface area contributed by atoms with Gasteiger partial charge < -0.3 is 15.4 Å². The zero-order chi connectivity index (χ0) is 18.4. The summed E-state index contributed by atoms with van der Waals surface area (Å²) in [6, 6.07) is 4.38. The number of nitrogens with zero attached hydrogens (tertiary/aromatic N) is 1. The lowest BCUT2D eigenvalue weighted by Crippen LogP contribution is -2.39. The first-order valence-corrected chi connectivity index (χ1v) is 9.87. The van der Waals surface area contributed by atoms with Crippen LogP contribution in [0.25, 0.3) is 0 Å². The summed E-state index contributed by atoms with van der Waals surface area (Å²) < 4.78 is 52.3. The summed E-state index contributed by atoms with van der Waals surface area (Å²) in [6.07, 6.45) is 0.618. The molecule has 2 rings (SSSR count). The molecule has 1 aliphatic rings. The summed E-state index contributed by atoms with van der Waals surface area (Å²) in [5, 5.41) is 6.42. The average Bonchev–Trinajstić information content (AvgIpc) is 2.88. The standard InChI is InChI=1S/C15H20ClF2N3O3S/c1-19-15(20-7-10-4-5-25(22,23)9-10)21-8-11-6-12(16)2-3-13(11)24-14(17)18/h2-3,6,10,14H,4-5,7-9H2,1H3,(H2,19,20,21). The van der Waals surface area contributed by atoms with Crippen LogP contribution in [0.15, 0.2) is 23.2 Å².